The number of nitrogens with one attached hydrogen (secondary N) is 2. The zero-order valence-corrected chi connectivity index (χ0v) is 30.0. The highest BCUT2D eigenvalue weighted by atomic mass is 35.5. The normalized spacial score (nSPS) is 14.0. The highest BCUT2D eigenvalue weighted by molar-refractivity contribution is 7.91. The number of rotatable bonds is 25. The Bertz CT molecular complexity index is 1290. The molecule has 0 spiro atoms. The van der Waals surface area contributed by atoms with Crippen molar-refractivity contribution < 1.29 is 46.9 Å². The highest BCUT2D eigenvalue weighted by Gasteiger charge is 2.41. The summed E-state index contributed by atoms with van der Waals surface area (Å²) >= 11 is 23.9. The van der Waals surface area contributed by atoms with Gasteiger partial charge in [0.05, 0.1) is 12.4 Å². The Balaban J connectivity index is 3.55. The first-order valence-electron chi connectivity index (χ1n) is 14.2. The molecule has 21 heteroatoms. The Morgan fingerprint density at radius 3 is 1.87 bits per heavy atom. The number of carbonyl (C=O) groups excluding carboxylic acids is 2. The van der Waals surface area contributed by atoms with Gasteiger partial charge in [-0.25, -0.2) is 17.8 Å². The van der Waals surface area contributed by atoms with Crippen molar-refractivity contribution in [1.29, 1.82) is 0 Å². The Kier molecular flexibility index (Phi) is 20.3. The largest absolute Gasteiger partial charge is 0.480 e. The van der Waals surface area contributed by atoms with Crippen LogP contribution in [0.3, 0.4) is 0 Å². The summed E-state index contributed by atoms with van der Waals surface area (Å²) in [5.41, 5.74) is 5.63. The van der Waals surface area contributed by atoms with Crippen LogP contribution in [0, 0.1) is 0 Å². The SMILES string of the molecule is NC(CCC(=O)NC(CS(=O)(=O)C(COP(=O)(N(CCCl)CCCl)N(CCCl)CCCl)c1ccccc1)C(=O)NCC(=O)O)C(=O)O. The summed E-state index contributed by atoms with van der Waals surface area (Å²) < 4.78 is 51.5. The van der Waals surface area contributed by atoms with E-state index in [1.807, 2.05) is 5.32 Å². The van der Waals surface area contributed by atoms with Gasteiger partial charge in [0, 0.05) is 56.1 Å². The molecule has 15 nitrogen and oxygen atoms in total. The molecule has 0 fully saturated rings. The van der Waals surface area contributed by atoms with Crippen molar-refractivity contribution >= 4 is 87.7 Å². The lowest BCUT2D eigenvalue weighted by molar-refractivity contribution is -0.139. The van der Waals surface area contributed by atoms with Gasteiger partial charge in [-0.2, -0.15) is 0 Å². The van der Waals surface area contributed by atoms with Crippen molar-refractivity contribution in [2.24, 2.45) is 5.73 Å². The molecular formula is C26H40Cl4N5O10PS. The molecule has 1 aromatic carbocycles. The summed E-state index contributed by atoms with van der Waals surface area (Å²) in [5.74, 6) is -5.74. The second-order valence-electron chi connectivity index (χ2n) is 9.89. The number of halogens is 4. The molecule has 1 aromatic rings. The highest BCUT2D eigenvalue weighted by Crippen LogP contribution is 2.55. The van der Waals surface area contributed by atoms with Crippen molar-refractivity contribution in [2.45, 2.75) is 30.2 Å². The topological polar surface area (TPSA) is 226 Å². The number of amides is 2. The monoisotopic (exact) mass is 785 g/mol. The van der Waals surface area contributed by atoms with E-state index in [0.717, 1.165) is 0 Å². The van der Waals surface area contributed by atoms with Crippen LogP contribution < -0.4 is 16.4 Å². The number of carboxylic acid groups (broad SMARTS) is 2. The predicted molar refractivity (Wildman–Crippen MR) is 180 cm³/mol. The molecule has 6 N–H and O–H groups in total. The number of nitrogens with zero attached hydrogens (tertiary/aromatic N) is 2. The molecule has 0 bridgehead atoms. The lowest BCUT2D eigenvalue weighted by atomic mass is 10.1. The third-order valence-corrected chi connectivity index (χ3v) is 12.0. The van der Waals surface area contributed by atoms with Crippen LogP contribution in [-0.2, 0) is 38.1 Å². The molecule has 0 aliphatic heterocycles. The average molecular weight is 787 g/mol. The fourth-order valence-electron chi connectivity index (χ4n) is 4.20. The maximum absolute atomic E-state index is 14.6. The number of benzene rings is 1. The van der Waals surface area contributed by atoms with E-state index in [-0.39, 0.29) is 61.7 Å². The number of hydrogen-bond acceptors (Lipinski definition) is 9. The lowest BCUT2D eigenvalue weighted by Crippen LogP contribution is -2.52. The standard InChI is InChI=1S/C26H40Cl4N5O10PS/c27-8-12-34(13-9-28)46(42,35(14-10-29)15-11-30)45-17-22(19-4-2-1-3-5-19)47(43,44)18-21(25(39)32-16-24(37)38)33-23(36)7-6-20(31)26(40)41/h1-5,20-22H,6-18,31H2,(H,32,39)(H,33,36)(H,37,38)(H,40,41). The molecule has 2 amide bonds. The van der Waals surface area contributed by atoms with Gasteiger partial charge >= 0.3 is 19.6 Å². The number of aliphatic carboxylic acids is 2. The molecule has 268 valence electrons. The molecule has 3 unspecified atom stereocenters. The molecule has 0 aromatic heterocycles. The van der Waals surface area contributed by atoms with Crippen molar-refractivity contribution in [2.75, 3.05) is 68.6 Å². The second-order valence-corrected chi connectivity index (χ2v) is 16.0. The lowest BCUT2D eigenvalue weighted by Gasteiger charge is -2.38. The number of sulfone groups is 1. The van der Waals surface area contributed by atoms with Crippen molar-refractivity contribution in [3.05, 3.63) is 35.9 Å². The van der Waals surface area contributed by atoms with E-state index in [1.54, 1.807) is 18.2 Å². The van der Waals surface area contributed by atoms with Gasteiger partial charge in [-0.05, 0) is 12.0 Å². The van der Waals surface area contributed by atoms with Gasteiger partial charge in [0.1, 0.15) is 23.9 Å². The maximum Gasteiger partial charge on any atom is 0.346 e. The summed E-state index contributed by atoms with van der Waals surface area (Å²) in [4.78, 5) is 47.7. The van der Waals surface area contributed by atoms with Crippen LogP contribution in [-0.4, -0.2) is 132 Å². The van der Waals surface area contributed by atoms with E-state index in [4.69, 9.17) is 66.9 Å². The fourth-order valence-corrected chi connectivity index (χ4v) is 9.80. The first kappa shape index (κ1) is 43.3. The van der Waals surface area contributed by atoms with E-state index >= 15 is 0 Å². The van der Waals surface area contributed by atoms with Crippen LogP contribution in [0.5, 0.6) is 0 Å². The van der Waals surface area contributed by atoms with Crippen LogP contribution in [0.15, 0.2) is 30.3 Å². The summed E-state index contributed by atoms with van der Waals surface area (Å²) in [7, 11) is -8.58. The van der Waals surface area contributed by atoms with Gasteiger partial charge in [-0.1, -0.05) is 30.3 Å². The van der Waals surface area contributed by atoms with Crippen LogP contribution in [0.2, 0.25) is 0 Å². The molecule has 0 radical (unpaired) electrons. The average Bonchev–Trinajstić information content (AvgIpc) is 3.02. The fraction of sp³-hybridized carbons (Fsp3) is 0.615. The quantitative estimate of drug-likeness (QED) is 0.0704. The minimum Gasteiger partial charge on any atom is -0.480 e. The van der Waals surface area contributed by atoms with E-state index < -0.39 is 83.9 Å². The second kappa shape index (κ2) is 22.1. The smallest absolute Gasteiger partial charge is 0.346 e. The van der Waals surface area contributed by atoms with Gasteiger partial charge < -0.3 is 31.1 Å². The van der Waals surface area contributed by atoms with Gasteiger partial charge in [0.25, 0.3) is 0 Å². The Morgan fingerprint density at radius 1 is 0.915 bits per heavy atom. The number of nitrogens with two attached hydrogens (primary N) is 1. The number of alkyl halides is 4. The zero-order chi connectivity index (χ0) is 35.6. The minimum absolute atomic E-state index is 0.0322. The molecule has 1 rings (SSSR count). The Hall–Kier alpha value is -1.72. The van der Waals surface area contributed by atoms with Crippen LogP contribution in [0.1, 0.15) is 23.7 Å². The summed E-state index contributed by atoms with van der Waals surface area (Å²) in [5, 5.41) is 20.7. The molecule has 0 heterocycles. The molecule has 3 atom stereocenters. The van der Waals surface area contributed by atoms with Gasteiger partial charge in [-0.15, -0.1) is 46.4 Å². The molecule has 0 saturated carbocycles. The molecular weight excluding hydrogens is 747 g/mol. The van der Waals surface area contributed by atoms with Gasteiger partial charge in [0.15, 0.2) is 9.84 Å². The third kappa shape index (κ3) is 14.7. The first-order chi connectivity index (χ1) is 22.2. The van der Waals surface area contributed by atoms with Crippen molar-refractivity contribution in [1.82, 2.24) is 20.0 Å². The third-order valence-electron chi connectivity index (χ3n) is 6.55. The van der Waals surface area contributed by atoms with E-state index in [0.29, 0.717) is 0 Å². The van der Waals surface area contributed by atoms with E-state index in [2.05, 4.69) is 5.32 Å². The zero-order valence-electron chi connectivity index (χ0n) is 25.3. The number of carboxylic acids is 2. The summed E-state index contributed by atoms with van der Waals surface area (Å²) in [6, 6.07) is 4.51. The summed E-state index contributed by atoms with van der Waals surface area (Å²) in [6.07, 6.45) is -0.798. The van der Waals surface area contributed by atoms with E-state index in [1.165, 1.54) is 21.5 Å². The Morgan fingerprint density at radius 2 is 1.43 bits per heavy atom. The Labute approximate surface area is 293 Å². The predicted octanol–water partition coefficient (Wildman–Crippen LogP) is 1.70. The molecule has 0 saturated heterocycles. The van der Waals surface area contributed by atoms with Crippen LogP contribution >= 0.6 is 54.1 Å². The van der Waals surface area contributed by atoms with Crippen LogP contribution in [0.25, 0.3) is 0 Å². The van der Waals surface area contributed by atoms with Crippen molar-refractivity contribution in [3.8, 4) is 0 Å². The van der Waals surface area contributed by atoms with E-state index in [9.17, 15) is 32.2 Å². The molecule has 0 aliphatic rings. The maximum atomic E-state index is 14.6. The van der Waals surface area contributed by atoms with Gasteiger partial charge in [-0.3, -0.25) is 23.7 Å². The number of carbonyl (C=O) groups is 4. The van der Waals surface area contributed by atoms with Crippen molar-refractivity contribution in [3.63, 3.8) is 0 Å². The summed E-state index contributed by atoms with van der Waals surface area (Å²) in [6.45, 7) is -1.36. The number of hydrogen-bond donors (Lipinski definition) is 5. The molecule has 0 aliphatic carbocycles. The van der Waals surface area contributed by atoms with Gasteiger partial charge in [0.2, 0.25) is 11.8 Å². The molecule has 47 heavy (non-hydrogen) atoms. The first-order valence-corrected chi connectivity index (χ1v) is 19.6. The minimum atomic E-state index is -4.50. The van der Waals surface area contributed by atoms with Crippen LogP contribution in [0.4, 0.5) is 0 Å².